The maximum atomic E-state index is 9.75. The average Bonchev–Trinajstić information content (AvgIpc) is 2.68. The fourth-order valence-corrected chi connectivity index (χ4v) is 3.97. The van der Waals surface area contributed by atoms with E-state index in [4.69, 9.17) is 11.0 Å². The number of pyridine rings is 1. The van der Waals surface area contributed by atoms with E-state index in [1.54, 1.807) is 12.1 Å². The van der Waals surface area contributed by atoms with Crippen LogP contribution in [0.3, 0.4) is 0 Å². The fourth-order valence-electron chi connectivity index (χ4n) is 3.97. The van der Waals surface area contributed by atoms with E-state index < -0.39 is 0 Å². The third-order valence-corrected chi connectivity index (χ3v) is 5.42. The van der Waals surface area contributed by atoms with Crippen LogP contribution in [0.2, 0.25) is 0 Å². The van der Waals surface area contributed by atoms with E-state index in [1.807, 2.05) is 12.1 Å². The molecule has 1 aliphatic carbocycles. The highest BCUT2D eigenvalue weighted by atomic mass is 14.9. The van der Waals surface area contributed by atoms with E-state index in [0.29, 0.717) is 16.9 Å². The molecule has 0 fully saturated rings. The molecule has 0 bridgehead atoms. The van der Waals surface area contributed by atoms with Crippen LogP contribution in [0.4, 0.5) is 5.82 Å². The highest BCUT2D eigenvalue weighted by molar-refractivity contribution is 5.79. The highest BCUT2D eigenvalue weighted by Crippen LogP contribution is 2.34. The topological polar surface area (TPSA) is 86.5 Å². The average molecular weight is 358 g/mol. The summed E-state index contributed by atoms with van der Waals surface area (Å²) in [4.78, 5) is 4.64. The van der Waals surface area contributed by atoms with Crippen LogP contribution in [-0.4, -0.2) is 4.98 Å². The minimum atomic E-state index is 0.322. The fraction of sp³-hybridized carbons (Fsp3) is 0.435. The molecule has 0 unspecified atom stereocenters. The summed E-state index contributed by atoms with van der Waals surface area (Å²) < 4.78 is 0. The van der Waals surface area contributed by atoms with Crippen LogP contribution < -0.4 is 5.73 Å². The lowest BCUT2D eigenvalue weighted by atomic mass is 9.88. The van der Waals surface area contributed by atoms with Crippen LogP contribution in [0.25, 0.3) is 11.1 Å². The minimum Gasteiger partial charge on any atom is -0.383 e. The number of anilines is 1. The molecule has 27 heavy (non-hydrogen) atoms. The number of hydrogen-bond acceptors (Lipinski definition) is 4. The van der Waals surface area contributed by atoms with Gasteiger partial charge in [0, 0.05) is 11.3 Å². The summed E-state index contributed by atoms with van der Waals surface area (Å²) in [6, 6.07) is 11.9. The van der Waals surface area contributed by atoms with Crippen molar-refractivity contribution in [2.45, 2.75) is 64.2 Å². The smallest absolute Gasteiger partial charge is 0.142 e. The standard InChI is InChI=1S/C23H26N4/c24-15-17-11-13-18(14-12-17)22-19-9-7-5-3-1-2-4-6-8-10-21(19)27-23(26)20(22)16-25/h11-14H,1-10H2,(H2,26,27). The molecule has 0 aliphatic heterocycles. The van der Waals surface area contributed by atoms with Crippen molar-refractivity contribution >= 4 is 5.82 Å². The van der Waals surface area contributed by atoms with E-state index >= 15 is 0 Å². The number of fused-ring (bicyclic) bond motifs is 1. The molecule has 0 saturated carbocycles. The molecule has 4 heteroatoms. The first-order chi connectivity index (χ1) is 13.2. The van der Waals surface area contributed by atoms with Gasteiger partial charge in [0.15, 0.2) is 0 Å². The zero-order chi connectivity index (χ0) is 19.1. The second kappa shape index (κ2) is 9.19. The Labute approximate surface area is 161 Å². The van der Waals surface area contributed by atoms with E-state index in [0.717, 1.165) is 42.5 Å². The zero-order valence-electron chi connectivity index (χ0n) is 15.8. The van der Waals surface area contributed by atoms with Gasteiger partial charge in [-0.3, -0.25) is 0 Å². The molecule has 1 aromatic carbocycles. The van der Waals surface area contributed by atoms with E-state index in [2.05, 4.69) is 17.1 Å². The van der Waals surface area contributed by atoms with Crippen molar-refractivity contribution in [3.63, 3.8) is 0 Å². The SMILES string of the molecule is N#Cc1ccc(-c2c(C#N)c(N)nc3c2CCCCCCCCCC3)cc1. The largest absolute Gasteiger partial charge is 0.383 e. The van der Waals surface area contributed by atoms with Gasteiger partial charge in [-0.1, -0.05) is 50.7 Å². The van der Waals surface area contributed by atoms with Crippen molar-refractivity contribution in [2.24, 2.45) is 0 Å². The number of aromatic nitrogens is 1. The van der Waals surface area contributed by atoms with Crippen LogP contribution in [0, 0.1) is 22.7 Å². The number of benzene rings is 1. The Balaban J connectivity index is 2.11. The molecular weight excluding hydrogens is 332 g/mol. The molecule has 0 atom stereocenters. The monoisotopic (exact) mass is 358 g/mol. The summed E-state index contributed by atoms with van der Waals surface area (Å²) in [5.74, 6) is 0.322. The number of nitrogen functional groups attached to an aromatic ring is 1. The number of hydrogen-bond donors (Lipinski definition) is 1. The summed E-state index contributed by atoms with van der Waals surface area (Å²) >= 11 is 0. The molecule has 0 saturated heterocycles. The van der Waals surface area contributed by atoms with E-state index in [-0.39, 0.29) is 0 Å². The second-order valence-electron chi connectivity index (χ2n) is 7.30. The number of nitrogens with zero attached hydrogens (tertiary/aromatic N) is 3. The van der Waals surface area contributed by atoms with Crippen molar-refractivity contribution in [1.82, 2.24) is 4.98 Å². The van der Waals surface area contributed by atoms with Gasteiger partial charge in [-0.05, 0) is 48.9 Å². The van der Waals surface area contributed by atoms with Gasteiger partial charge in [-0.2, -0.15) is 10.5 Å². The molecule has 2 aromatic rings. The third kappa shape index (κ3) is 4.47. The van der Waals surface area contributed by atoms with Crippen molar-refractivity contribution in [3.8, 4) is 23.3 Å². The Bertz CT molecular complexity index is 869. The van der Waals surface area contributed by atoms with Crippen molar-refractivity contribution < 1.29 is 0 Å². The quantitative estimate of drug-likeness (QED) is 0.750. The Morgan fingerprint density at radius 3 is 1.96 bits per heavy atom. The van der Waals surface area contributed by atoms with Gasteiger partial charge in [0.05, 0.1) is 11.6 Å². The van der Waals surface area contributed by atoms with Gasteiger partial charge < -0.3 is 5.73 Å². The van der Waals surface area contributed by atoms with Crippen LogP contribution >= 0.6 is 0 Å². The summed E-state index contributed by atoms with van der Waals surface area (Å²) in [6.45, 7) is 0. The van der Waals surface area contributed by atoms with Crippen molar-refractivity contribution in [1.29, 1.82) is 10.5 Å². The molecule has 3 rings (SSSR count). The highest BCUT2D eigenvalue weighted by Gasteiger charge is 2.20. The van der Waals surface area contributed by atoms with Crippen molar-refractivity contribution in [2.75, 3.05) is 5.73 Å². The Morgan fingerprint density at radius 1 is 0.778 bits per heavy atom. The van der Waals surface area contributed by atoms with Crippen molar-refractivity contribution in [3.05, 3.63) is 46.6 Å². The van der Waals surface area contributed by atoms with E-state index in [9.17, 15) is 5.26 Å². The van der Waals surface area contributed by atoms with Crippen LogP contribution in [-0.2, 0) is 12.8 Å². The van der Waals surface area contributed by atoms with Gasteiger partial charge in [0.25, 0.3) is 0 Å². The lowest BCUT2D eigenvalue weighted by Crippen LogP contribution is -2.09. The summed E-state index contributed by atoms with van der Waals surface area (Å²) in [5.41, 5.74) is 11.3. The first-order valence-corrected chi connectivity index (χ1v) is 9.96. The number of rotatable bonds is 1. The molecular formula is C23H26N4. The Hall–Kier alpha value is -2.85. The van der Waals surface area contributed by atoms with Gasteiger partial charge in [0.2, 0.25) is 0 Å². The molecule has 0 amide bonds. The second-order valence-corrected chi connectivity index (χ2v) is 7.30. The number of aryl methyl sites for hydroxylation is 1. The first-order valence-electron chi connectivity index (χ1n) is 9.96. The zero-order valence-corrected chi connectivity index (χ0v) is 15.8. The molecule has 0 radical (unpaired) electrons. The molecule has 4 nitrogen and oxygen atoms in total. The Kier molecular flexibility index (Phi) is 6.44. The lowest BCUT2D eigenvalue weighted by Gasteiger charge is -2.18. The molecule has 138 valence electrons. The van der Waals surface area contributed by atoms with Crippen LogP contribution in [0.1, 0.15) is 73.8 Å². The molecule has 1 heterocycles. The number of nitriles is 2. The number of nitrogens with two attached hydrogens (primary N) is 1. The van der Waals surface area contributed by atoms with Gasteiger partial charge >= 0.3 is 0 Å². The molecule has 1 aromatic heterocycles. The summed E-state index contributed by atoms with van der Waals surface area (Å²) in [5, 5.41) is 18.8. The molecule has 0 spiro atoms. The minimum absolute atomic E-state index is 0.322. The molecule has 1 aliphatic rings. The molecule has 2 N–H and O–H groups in total. The lowest BCUT2D eigenvalue weighted by molar-refractivity contribution is 0.557. The first kappa shape index (κ1) is 18.9. The Morgan fingerprint density at radius 2 is 1.37 bits per heavy atom. The summed E-state index contributed by atoms with van der Waals surface area (Å²) in [7, 11) is 0. The third-order valence-electron chi connectivity index (χ3n) is 5.42. The normalized spacial score (nSPS) is 15.5. The van der Waals surface area contributed by atoms with E-state index in [1.165, 1.54) is 44.1 Å². The predicted octanol–water partition coefficient (Wildman–Crippen LogP) is 5.29. The summed E-state index contributed by atoms with van der Waals surface area (Å²) in [6.07, 6.45) is 11.7. The van der Waals surface area contributed by atoms with Crippen LogP contribution in [0.15, 0.2) is 24.3 Å². The van der Waals surface area contributed by atoms with Crippen LogP contribution in [0.5, 0.6) is 0 Å². The van der Waals surface area contributed by atoms with Gasteiger partial charge in [-0.15, -0.1) is 0 Å². The maximum Gasteiger partial charge on any atom is 0.142 e. The van der Waals surface area contributed by atoms with Gasteiger partial charge in [0.1, 0.15) is 17.5 Å². The maximum absolute atomic E-state index is 9.75. The predicted molar refractivity (Wildman–Crippen MR) is 108 cm³/mol. The van der Waals surface area contributed by atoms with Gasteiger partial charge in [-0.25, -0.2) is 4.98 Å².